The van der Waals surface area contributed by atoms with E-state index in [2.05, 4.69) is 0 Å². The van der Waals surface area contributed by atoms with Gasteiger partial charge in [0, 0.05) is 16.2 Å². The minimum absolute atomic E-state index is 0.197. The number of benzene rings is 2. The molecule has 0 fully saturated rings. The van der Waals surface area contributed by atoms with Crippen molar-refractivity contribution < 1.29 is 9.13 Å². The predicted molar refractivity (Wildman–Crippen MR) is 73.4 cm³/mol. The van der Waals surface area contributed by atoms with Crippen molar-refractivity contribution in [3.8, 4) is 5.75 Å². The molecule has 0 aliphatic carbocycles. The molecule has 0 aliphatic heterocycles. The highest BCUT2D eigenvalue weighted by atomic mass is 32.2. The van der Waals surface area contributed by atoms with E-state index >= 15 is 0 Å². The summed E-state index contributed by atoms with van der Waals surface area (Å²) in [5.74, 6) is 1.05. The van der Waals surface area contributed by atoms with Gasteiger partial charge >= 0.3 is 0 Å². The Morgan fingerprint density at radius 2 is 1.89 bits per heavy atom. The van der Waals surface area contributed by atoms with E-state index in [-0.39, 0.29) is 11.5 Å². The zero-order valence-corrected chi connectivity index (χ0v) is 10.8. The zero-order valence-electron chi connectivity index (χ0n) is 10.0. The number of halogens is 1. The standard InChI is InChI=1S/C14H14FNOS/c1-17-11-5-7-12(8-6-11)18-9-10-3-2-4-13(16)14(10)15/h2-8H,9,16H2,1H3. The summed E-state index contributed by atoms with van der Waals surface area (Å²) in [5, 5.41) is 0. The van der Waals surface area contributed by atoms with Crippen LogP contribution in [-0.2, 0) is 5.75 Å². The van der Waals surface area contributed by atoms with Crippen LogP contribution in [0.25, 0.3) is 0 Å². The molecule has 0 saturated heterocycles. The Morgan fingerprint density at radius 1 is 1.17 bits per heavy atom. The summed E-state index contributed by atoms with van der Waals surface area (Å²) in [6.07, 6.45) is 0. The van der Waals surface area contributed by atoms with E-state index in [0.717, 1.165) is 10.6 Å². The lowest BCUT2D eigenvalue weighted by Crippen LogP contribution is -1.94. The summed E-state index contributed by atoms with van der Waals surface area (Å²) in [7, 11) is 1.63. The van der Waals surface area contributed by atoms with Gasteiger partial charge in [-0.25, -0.2) is 4.39 Å². The van der Waals surface area contributed by atoms with Crippen LogP contribution in [0.2, 0.25) is 0 Å². The van der Waals surface area contributed by atoms with E-state index in [4.69, 9.17) is 10.5 Å². The number of anilines is 1. The third-order valence-electron chi connectivity index (χ3n) is 2.56. The second kappa shape index (κ2) is 5.78. The number of rotatable bonds is 4. The Balaban J connectivity index is 2.04. The molecule has 0 spiro atoms. The minimum Gasteiger partial charge on any atom is -0.497 e. The molecule has 2 rings (SSSR count). The fraction of sp³-hybridized carbons (Fsp3) is 0.143. The minimum atomic E-state index is -0.321. The molecule has 0 amide bonds. The summed E-state index contributed by atoms with van der Waals surface area (Å²) in [6, 6.07) is 12.8. The molecule has 4 heteroatoms. The molecule has 94 valence electrons. The Morgan fingerprint density at radius 3 is 2.56 bits per heavy atom. The Labute approximate surface area is 110 Å². The molecule has 0 aromatic heterocycles. The quantitative estimate of drug-likeness (QED) is 0.674. The van der Waals surface area contributed by atoms with Gasteiger partial charge in [0.15, 0.2) is 0 Å². The molecule has 2 nitrogen and oxygen atoms in total. The van der Waals surface area contributed by atoms with Crippen molar-refractivity contribution in [2.45, 2.75) is 10.6 Å². The van der Waals surface area contributed by atoms with Crippen LogP contribution in [0.4, 0.5) is 10.1 Å². The molecular formula is C14H14FNOS. The molecule has 2 N–H and O–H groups in total. The van der Waals surface area contributed by atoms with Crippen LogP contribution >= 0.6 is 11.8 Å². The first-order valence-electron chi connectivity index (χ1n) is 5.50. The molecule has 0 unspecified atom stereocenters. The molecule has 18 heavy (non-hydrogen) atoms. The summed E-state index contributed by atoms with van der Waals surface area (Å²) >= 11 is 1.56. The van der Waals surface area contributed by atoms with Crippen molar-refractivity contribution in [2.24, 2.45) is 0 Å². The topological polar surface area (TPSA) is 35.2 Å². The summed E-state index contributed by atoms with van der Waals surface area (Å²) in [5.41, 5.74) is 6.34. The summed E-state index contributed by atoms with van der Waals surface area (Å²) in [4.78, 5) is 1.07. The smallest absolute Gasteiger partial charge is 0.150 e. The van der Waals surface area contributed by atoms with Crippen LogP contribution < -0.4 is 10.5 Å². The van der Waals surface area contributed by atoms with Gasteiger partial charge in [0.2, 0.25) is 0 Å². The fourth-order valence-electron chi connectivity index (χ4n) is 1.54. The lowest BCUT2D eigenvalue weighted by Gasteiger charge is -2.06. The van der Waals surface area contributed by atoms with Gasteiger partial charge in [-0.15, -0.1) is 11.8 Å². The van der Waals surface area contributed by atoms with E-state index in [1.165, 1.54) is 0 Å². The second-order valence-corrected chi connectivity index (χ2v) is 4.83. The number of nitrogens with two attached hydrogens (primary N) is 1. The van der Waals surface area contributed by atoms with Crippen LogP contribution in [-0.4, -0.2) is 7.11 Å². The average Bonchev–Trinajstić information content (AvgIpc) is 2.41. The first kappa shape index (κ1) is 12.8. The number of thioether (sulfide) groups is 1. The Hall–Kier alpha value is -1.68. The fourth-order valence-corrected chi connectivity index (χ4v) is 2.42. The van der Waals surface area contributed by atoms with Gasteiger partial charge in [-0.05, 0) is 30.3 Å². The third-order valence-corrected chi connectivity index (χ3v) is 3.62. The second-order valence-electron chi connectivity index (χ2n) is 3.78. The predicted octanol–water partition coefficient (Wildman–Crippen LogP) is 3.71. The monoisotopic (exact) mass is 263 g/mol. The number of hydrogen-bond donors (Lipinski definition) is 1. The highest BCUT2D eigenvalue weighted by Crippen LogP contribution is 2.27. The summed E-state index contributed by atoms with van der Waals surface area (Å²) in [6.45, 7) is 0. The summed E-state index contributed by atoms with van der Waals surface area (Å²) < 4.78 is 18.7. The van der Waals surface area contributed by atoms with Crippen molar-refractivity contribution >= 4 is 17.4 Å². The van der Waals surface area contributed by atoms with E-state index in [9.17, 15) is 4.39 Å². The van der Waals surface area contributed by atoms with Crippen molar-refractivity contribution in [1.82, 2.24) is 0 Å². The highest BCUT2D eigenvalue weighted by Gasteiger charge is 2.05. The van der Waals surface area contributed by atoms with Gasteiger partial charge in [0.1, 0.15) is 11.6 Å². The normalized spacial score (nSPS) is 10.3. The van der Waals surface area contributed by atoms with Gasteiger partial charge in [0.05, 0.1) is 12.8 Å². The Bertz CT molecular complexity index is 528. The zero-order chi connectivity index (χ0) is 13.0. The lowest BCUT2D eigenvalue weighted by atomic mass is 10.2. The largest absolute Gasteiger partial charge is 0.497 e. The highest BCUT2D eigenvalue weighted by molar-refractivity contribution is 7.98. The number of nitrogen functional groups attached to an aromatic ring is 1. The third kappa shape index (κ3) is 2.96. The van der Waals surface area contributed by atoms with Crippen molar-refractivity contribution in [3.05, 3.63) is 53.8 Å². The average molecular weight is 263 g/mol. The van der Waals surface area contributed by atoms with Crippen LogP contribution in [0.1, 0.15) is 5.56 Å². The van der Waals surface area contributed by atoms with Gasteiger partial charge < -0.3 is 10.5 Å². The Kier molecular flexibility index (Phi) is 4.10. The van der Waals surface area contributed by atoms with Gasteiger partial charge in [0.25, 0.3) is 0 Å². The maximum atomic E-state index is 13.7. The molecule has 0 radical (unpaired) electrons. The first-order chi connectivity index (χ1) is 8.70. The van der Waals surface area contributed by atoms with E-state index < -0.39 is 0 Å². The molecular weight excluding hydrogens is 249 g/mol. The lowest BCUT2D eigenvalue weighted by molar-refractivity contribution is 0.414. The van der Waals surface area contributed by atoms with Crippen LogP contribution in [0.5, 0.6) is 5.75 Å². The maximum Gasteiger partial charge on any atom is 0.150 e. The number of ether oxygens (including phenoxy) is 1. The van der Waals surface area contributed by atoms with Crippen molar-refractivity contribution in [1.29, 1.82) is 0 Å². The maximum absolute atomic E-state index is 13.7. The van der Waals surface area contributed by atoms with E-state index in [0.29, 0.717) is 11.3 Å². The number of methoxy groups -OCH3 is 1. The van der Waals surface area contributed by atoms with E-state index in [1.807, 2.05) is 24.3 Å². The molecule has 0 atom stereocenters. The molecule has 0 bridgehead atoms. The van der Waals surface area contributed by atoms with Crippen molar-refractivity contribution in [3.63, 3.8) is 0 Å². The van der Waals surface area contributed by atoms with Crippen molar-refractivity contribution in [2.75, 3.05) is 12.8 Å². The van der Waals surface area contributed by atoms with Crippen LogP contribution in [0.15, 0.2) is 47.4 Å². The van der Waals surface area contributed by atoms with Crippen LogP contribution in [0, 0.1) is 5.82 Å². The van der Waals surface area contributed by atoms with Crippen LogP contribution in [0.3, 0.4) is 0 Å². The SMILES string of the molecule is COc1ccc(SCc2cccc(N)c2F)cc1. The molecule has 0 heterocycles. The molecule has 0 saturated carbocycles. The first-order valence-corrected chi connectivity index (χ1v) is 6.49. The number of hydrogen-bond acceptors (Lipinski definition) is 3. The van der Waals surface area contributed by atoms with Gasteiger partial charge in [-0.3, -0.25) is 0 Å². The van der Waals surface area contributed by atoms with E-state index in [1.54, 1.807) is 37.1 Å². The molecule has 2 aromatic rings. The molecule has 2 aromatic carbocycles. The van der Waals surface area contributed by atoms with Gasteiger partial charge in [-0.1, -0.05) is 12.1 Å². The van der Waals surface area contributed by atoms with Gasteiger partial charge in [-0.2, -0.15) is 0 Å². The molecule has 0 aliphatic rings.